The lowest BCUT2D eigenvalue weighted by Crippen LogP contribution is -2.50. The molecule has 0 radical (unpaired) electrons. The van der Waals surface area contributed by atoms with Crippen LogP contribution in [0, 0.1) is 6.92 Å². The molecule has 2 aliphatic rings. The van der Waals surface area contributed by atoms with Gasteiger partial charge in [0.2, 0.25) is 5.91 Å². The average molecular weight is 420 g/mol. The van der Waals surface area contributed by atoms with Crippen molar-refractivity contribution in [2.45, 2.75) is 38.3 Å². The Morgan fingerprint density at radius 3 is 2.57 bits per heavy atom. The average Bonchev–Trinajstić information content (AvgIpc) is 3.36. The second-order valence-electron chi connectivity index (χ2n) is 7.69. The van der Waals surface area contributed by atoms with Crippen molar-refractivity contribution in [2.24, 2.45) is 0 Å². The number of benzene rings is 1. The van der Waals surface area contributed by atoms with E-state index in [1.165, 1.54) is 0 Å². The maximum absolute atomic E-state index is 12.6. The summed E-state index contributed by atoms with van der Waals surface area (Å²) in [7, 11) is -3.10. The number of aryl methyl sites for hydroxylation is 1. The lowest BCUT2D eigenvalue weighted by molar-refractivity contribution is -0.121. The number of nitrogens with one attached hydrogen (secondary N) is 1. The number of hydrogen-bond donors (Lipinski definition) is 1. The van der Waals surface area contributed by atoms with Gasteiger partial charge in [0.15, 0.2) is 9.84 Å². The van der Waals surface area contributed by atoms with Gasteiger partial charge >= 0.3 is 0 Å². The summed E-state index contributed by atoms with van der Waals surface area (Å²) in [5.74, 6) is 0.0744. The fourth-order valence-electron chi connectivity index (χ4n) is 4.13. The molecular weight excluding hydrogens is 394 g/mol. The summed E-state index contributed by atoms with van der Waals surface area (Å²) in [6, 6.07) is 7.42. The number of likely N-dealkylation sites (tertiary alicyclic amines) is 1. The summed E-state index contributed by atoms with van der Waals surface area (Å²) in [6.07, 6.45) is 2.45. The van der Waals surface area contributed by atoms with Crippen LogP contribution < -0.4 is 5.32 Å². The van der Waals surface area contributed by atoms with Crippen LogP contribution in [0.5, 0.6) is 0 Å². The summed E-state index contributed by atoms with van der Waals surface area (Å²) in [5, 5.41) is 6.04. The van der Waals surface area contributed by atoms with Gasteiger partial charge in [0.25, 0.3) is 0 Å². The van der Waals surface area contributed by atoms with E-state index in [9.17, 15) is 13.2 Å². The van der Waals surface area contributed by atoms with Crippen molar-refractivity contribution >= 4 is 27.1 Å². The molecule has 1 amide bonds. The van der Waals surface area contributed by atoms with Crippen molar-refractivity contribution in [2.75, 3.05) is 24.6 Å². The van der Waals surface area contributed by atoms with Crippen LogP contribution in [0.1, 0.15) is 23.4 Å². The third-order valence-corrected chi connectivity index (χ3v) is 8.00. The standard InChI is InChI=1S/C20H25N3O3S2/c1-14-21-17(11-27-14)16-6-4-15(5-7-16)10-20(24)22-18-12-28(25,26)13-19(18)23-8-2-3-9-23/h4-7,11,18-19H,2-3,8-10,12-13H2,1H3,(H,22,24). The Morgan fingerprint density at radius 2 is 1.93 bits per heavy atom. The SMILES string of the molecule is Cc1nc(-c2ccc(CC(=O)NC3CS(=O)(=O)CC3N3CCCC3)cc2)cs1. The molecule has 3 heterocycles. The van der Waals surface area contributed by atoms with Crippen molar-refractivity contribution in [1.82, 2.24) is 15.2 Å². The molecule has 1 N–H and O–H groups in total. The number of sulfone groups is 1. The van der Waals surface area contributed by atoms with E-state index in [-0.39, 0.29) is 35.9 Å². The van der Waals surface area contributed by atoms with Gasteiger partial charge < -0.3 is 5.32 Å². The highest BCUT2D eigenvalue weighted by atomic mass is 32.2. The van der Waals surface area contributed by atoms with Crippen LogP contribution >= 0.6 is 11.3 Å². The van der Waals surface area contributed by atoms with Crippen LogP contribution in [0.15, 0.2) is 29.6 Å². The van der Waals surface area contributed by atoms with Crippen molar-refractivity contribution < 1.29 is 13.2 Å². The Labute approximate surface area is 169 Å². The highest BCUT2D eigenvalue weighted by Crippen LogP contribution is 2.24. The predicted octanol–water partition coefficient (Wildman–Crippen LogP) is 2.04. The maximum atomic E-state index is 12.6. The first-order valence-electron chi connectivity index (χ1n) is 9.65. The first kappa shape index (κ1) is 19.5. The van der Waals surface area contributed by atoms with Gasteiger partial charge in [-0.2, -0.15) is 0 Å². The molecule has 2 aromatic rings. The van der Waals surface area contributed by atoms with Crippen LogP contribution in [-0.4, -0.2) is 60.9 Å². The first-order chi connectivity index (χ1) is 13.4. The number of aromatic nitrogens is 1. The van der Waals surface area contributed by atoms with E-state index in [1.807, 2.05) is 36.6 Å². The van der Waals surface area contributed by atoms with Gasteiger partial charge in [-0.15, -0.1) is 11.3 Å². The molecule has 0 bridgehead atoms. The van der Waals surface area contributed by atoms with Gasteiger partial charge in [0.05, 0.1) is 34.7 Å². The Balaban J connectivity index is 1.39. The second kappa shape index (κ2) is 7.93. The third kappa shape index (κ3) is 4.45. The molecule has 0 aliphatic carbocycles. The van der Waals surface area contributed by atoms with E-state index in [4.69, 9.17) is 0 Å². The number of carbonyl (C=O) groups is 1. The number of carbonyl (C=O) groups excluding carboxylic acids is 1. The summed E-state index contributed by atoms with van der Waals surface area (Å²) >= 11 is 1.61. The Hall–Kier alpha value is -1.77. The molecule has 150 valence electrons. The minimum absolute atomic E-state index is 0.0437. The van der Waals surface area contributed by atoms with E-state index in [2.05, 4.69) is 15.2 Å². The molecule has 0 spiro atoms. The molecule has 2 fully saturated rings. The number of nitrogens with zero attached hydrogens (tertiary/aromatic N) is 2. The zero-order valence-electron chi connectivity index (χ0n) is 15.9. The van der Waals surface area contributed by atoms with Crippen molar-refractivity contribution in [1.29, 1.82) is 0 Å². The van der Waals surface area contributed by atoms with Crippen molar-refractivity contribution in [3.8, 4) is 11.3 Å². The van der Waals surface area contributed by atoms with Gasteiger partial charge in [-0.25, -0.2) is 13.4 Å². The minimum atomic E-state index is -3.10. The third-order valence-electron chi connectivity index (χ3n) is 5.51. The molecule has 1 aromatic carbocycles. The number of rotatable bonds is 5. The van der Waals surface area contributed by atoms with Gasteiger partial charge in [-0.1, -0.05) is 24.3 Å². The Morgan fingerprint density at radius 1 is 1.21 bits per heavy atom. The maximum Gasteiger partial charge on any atom is 0.224 e. The molecule has 8 heteroatoms. The zero-order chi connectivity index (χ0) is 19.7. The van der Waals surface area contributed by atoms with E-state index >= 15 is 0 Å². The zero-order valence-corrected chi connectivity index (χ0v) is 17.6. The van der Waals surface area contributed by atoms with Crippen LogP contribution in [0.25, 0.3) is 11.3 Å². The molecule has 2 atom stereocenters. The molecule has 4 rings (SSSR count). The lowest BCUT2D eigenvalue weighted by atomic mass is 10.1. The predicted molar refractivity (Wildman–Crippen MR) is 111 cm³/mol. The summed E-state index contributed by atoms with van der Waals surface area (Å²) < 4.78 is 24.3. The second-order valence-corrected chi connectivity index (χ2v) is 10.9. The normalized spacial score (nSPS) is 24.5. The molecule has 2 aliphatic heterocycles. The molecule has 6 nitrogen and oxygen atoms in total. The molecule has 2 unspecified atom stereocenters. The fourth-order valence-corrected chi connectivity index (χ4v) is 6.71. The summed E-state index contributed by atoms with van der Waals surface area (Å²) in [4.78, 5) is 19.3. The molecule has 1 aromatic heterocycles. The van der Waals surface area contributed by atoms with Crippen LogP contribution in [0.2, 0.25) is 0 Å². The van der Waals surface area contributed by atoms with Crippen molar-refractivity contribution in [3.63, 3.8) is 0 Å². The lowest BCUT2D eigenvalue weighted by Gasteiger charge is -2.28. The quantitative estimate of drug-likeness (QED) is 0.802. The largest absolute Gasteiger partial charge is 0.350 e. The van der Waals surface area contributed by atoms with E-state index in [0.717, 1.165) is 47.8 Å². The topological polar surface area (TPSA) is 79.4 Å². The number of amides is 1. The van der Waals surface area contributed by atoms with E-state index < -0.39 is 9.84 Å². The van der Waals surface area contributed by atoms with Crippen LogP contribution in [-0.2, 0) is 21.1 Å². The summed E-state index contributed by atoms with van der Waals surface area (Å²) in [6.45, 7) is 3.82. The number of hydrogen-bond acceptors (Lipinski definition) is 6. The van der Waals surface area contributed by atoms with Gasteiger partial charge in [-0.3, -0.25) is 9.69 Å². The first-order valence-corrected chi connectivity index (χ1v) is 12.3. The minimum Gasteiger partial charge on any atom is -0.350 e. The van der Waals surface area contributed by atoms with Crippen LogP contribution in [0.4, 0.5) is 0 Å². The Kier molecular flexibility index (Phi) is 5.53. The fraction of sp³-hybridized carbons (Fsp3) is 0.500. The highest BCUT2D eigenvalue weighted by molar-refractivity contribution is 7.91. The number of thiazole rings is 1. The molecular formula is C20H25N3O3S2. The van der Waals surface area contributed by atoms with E-state index in [1.54, 1.807) is 11.3 Å². The Bertz CT molecular complexity index is 947. The molecule has 28 heavy (non-hydrogen) atoms. The molecule has 0 saturated carbocycles. The summed E-state index contributed by atoms with van der Waals surface area (Å²) in [5.41, 5.74) is 2.89. The van der Waals surface area contributed by atoms with Gasteiger partial charge in [-0.05, 0) is 38.4 Å². The molecule has 2 saturated heterocycles. The van der Waals surface area contributed by atoms with Crippen LogP contribution in [0.3, 0.4) is 0 Å². The van der Waals surface area contributed by atoms with Gasteiger partial charge in [0.1, 0.15) is 0 Å². The van der Waals surface area contributed by atoms with Gasteiger partial charge in [0, 0.05) is 17.0 Å². The van der Waals surface area contributed by atoms with Crippen molar-refractivity contribution in [3.05, 3.63) is 40.2 Å². The van der Waals surface area contributed by atoms with E-state index in [0.29, 0.717) is 0 Å². The highest BCUT2D eigenvalue weighted by Gasteiger charge is 2.42. The smallest absolute Gasteiger partial charge is 0.224 e. The monoisotopic (exact) mass is 419 g/mol.